The van der Waals surface area contributed by atoms with Gasteiger partial charge in [-0.3, -0.25) is 14.3 Å². The number of nitrogens with two attached hydrogens (primary N) is 2. The molecule has 2 aromatic carbocycles. The average molecular weight is 333 g/mol. The summed E-state index contributed by atoms with van der Waals surface area (Å²) < 4.78 is 26.9. The minimum absolute atomic E-state index is 0.0719. The molecule has 0 saturated heterocycles. The van der Waals surface area contributed by atoms with Crippen LogP contribution in [0.4, 0.5) is 5.69 Å². The van der Waals surface area contributed by atoms with E-state index in [-0.39, 0.29) is 21.7 Å². The first kappa shape index (κ1) is 16.5. The molecule has 5 N–H and O–H groups in total. The van der Waals surface area contributed by atoms with E-state index < -0.39 is 21.8 Å². The van der Waals surface area contributed by atoms with Gasteiger partial charge in [0.15, 0.2) is 0 Å². The molecule has 0 spiro atoms. The summed E-state index contributed by atoms with van der Waals surface area (Å²) in [5.74, 6) is -1.71. The third kappa shape index (κ3) is 3.67. The Labute approximate surface area is 133 Å². The standard InChI is InChI=1S/C15H15N3O4S/c1-9-2-5-11(6-3-9)23(21,22)18-10-4-7-12(14(16)19)13(8-10)15(17)20/h2-8,18H,1H3,(H2,16,19)(H2,17,20). The van der Waals surface area contributed by atoms with E-state index in [0.29, 0.717) is 0 Å². The molecule has 0 aliphatic rings. The normalized spacial score (nSPS) is 11.0. The number of carbonyl (C=O) groups excluding carboxylic acids is 2. The molecule has 0 aliphatic carbocycles. The zero-order valence-electron chi connectivity index (χ0n) is 12.2. The van der Waals surface area contributed by atoms with E-state index in [1.54, 1.807) is 12.1 Å². The van der Waals surface area contributed by atoms with Crippen molar-refractivity contribution in [3.05, 3.63) is 59.2 Å². The van der Waals surface area contributed by atoms with Crippen molar-refractivity contribution in [3.8, 4) is 0 Å². The summed E-state index contributed by atoms with van der Waals surface area (Å²) in [7, 11) is -3.82. The predicted molar refractivity (Wildman–Crippen MR) is 85.5 cm³/mol. The van der Waals surface area contributed by atoms with E-state index >= 15 is 0 Å². The van der Waals surface area contributed by atoms with Gasteiger partial charge >= 0.3 is 0 Å². The summed E-state index contributed by atoms with van der Waals surface area (Å²) >= 11 is 0. The molecule has 8 heteroatoms. The SMILES string of the molecule is Cc1ccc(S(=O)(=O)Nc2ccc(C(N)=O)c(C(N)=O)c2)cc1. The van der Waals surface area contributed by atoms with Gasteiger partial charge in [-0.2, -0.15) is 0 Å². The molecular weight excluding hydrogens is 318 g/mol. The molecule has 0 saturated carbocycles. The van der Waals surface area contributed by atoms with Gasteiger partial charge in [0.1, 0.15) is 0 Å². The second kappa shape index (κ2) is 6.09. The molecule has 2 aromatic rings. The molecule has 23 heavy (non-hydrogen) atoms. The number of nitrogens with one attached hydrogen (secondary N) is 1. The molecule has 2 rings (SSSR count). The smallest absolute Gasteiger partial charge is 0.261 e. The van der Waals surface area contributed by atoms with Gasteiger partial charge in [0.2, 0.25) is 11.8 Å². The zero-order valence-corrected chi connectivity index (χ0v) is 13.1. The van der Waals surface area contributed by atoms with Crippen molar-refractivity contribution < 1.29 is 18.0 Å². The molecule has 0 heterocycles. The van der Waals surface area contributed by atoms with Crippen molar-refractivity contribution >= 4 is 27.5 Å². The predicted octanol–water partition coefficient (Wildman–Crippen LogP) is 0.994. The molecule has 120 valence electrons. The van der Waals surface area contributed by atoms with Crippen LogP contribution in [0.25, 0.3) is 0 Å². The van der Waals surface area contributed by atoms with Gasteiger partial charge in [-0.15, -0.1) is 0 Å². The fraction of sp³-hybridized carbons (Fsp3) is 0.0667. The summed E-state index contributed by atoms with van der Waals surface area (Å²) in [6.07, 6.45) is 0. The molecular formula is C15H15N3O4S. The second-order valence-electron chi connectivity index (χ2n) is 4.91. The first-order chi connectivity index (χ1) is 10.7. The maximum absolute atomic E-state index is 12.3. The molecule has 0 bridgehead atoms. The van der Waals surface area contributed by atoms with E-state index in [1.807, 2.05) is 6.92 Å². The van der Waals surface area contributed by atoms with Crippen LogP contribution in [-0.2, 0) is 10.0 Å². The zero-order chi connectivity index (χ0) is 17.2. The lowest BCUT2D eigenvalue weighted by Crippen LogP contribution is -2.21. The average Bonchev–Trinajstić information content (AvgIpc) is 2.46. The maximum Gasteiger partial charge on any atom is 0.261 e. The third-order valence-corrected chi connectivity index (χ3v) is 4.53. The lowest BCUT2D eigenvalue weighted by molar-refractivity contribution is 0.0967. The highest BCUT2D eigenvalue weighted by molar-refractivity contribution is 7.92. The van der Waals surface area contributed by atoms with Crippen LogP contribution in [0.5, 0.6) is 0 Å². The number of hydrogen-bond donors (Lipinski definition) is 3. The number of sulfonamides is 1. The quantitative estimate of drug-likeness (QED) is 0.752. The Morgan fingerprint density at radius 3 is 2.00 bits per heavy atom. The maximum atomic E-state index is 12.3. The summed E-state index contributed by atoms with van der Waals surface area (Å²) in [6, 6.07) is 10.0. The molecule has 0 atom stereocenters. The molecule has 0 radical (unpaired) electrons. The Balaban J connectivity index is 2.40. The number of primary amides is 2. The number of carbonyl (C=O) groups is 2. The van der Waals surface area contributed by atoms with E-state index in [0.717, 1.165) is 5.56 Å². The number of hydrogen-bond acceptors (Lipinski definition) is 4. The van der Waals surface area contributed by atoms with Gasteiger partial charge in [-0.1, -0.05) is 17.7 Å². The highest BCUT2D eigenvalue weighted by Gasteiger charge is 2.17. The van der Waals surface area contributed by atoms with E-state index in [9.17, 15) is 18.0 Å². The number of benzene rings is 2. The van der Waals surface area contributed by atoms with Crippen molar-refractivity contribution in [2.45, 2.75) is 11.8 Å². The van der Waals surface area contributed by atoms with Gasteiger partial charge in [-0.05, 0) is 37.3 Å². The van der Waals surface area contributed by atoms with Crippen LogP contribution in [-0.4, -0.2) is 20.2 Å². The fourth-order valence-electron chi connectivity index (χ4n) is 1.96. The highest BCUT2D eigenvalue weighted by atomic mass is 32.2. The summed E-state index contributed by atoms with van der Waals surface area (Å²) in [4.78, 5) is 22.7. The first-order valence-electron chi connectivity index (χ1n) is 6.54. The molecule has 0 unspecified atom stereocenters. The molecule has 2 amide bonds. The van der Waals surface area contributed by atoms with Crippen LogP contribution in [0.2, 0.25) is 0 Å². The van der Waals surface area contributed by atoms with Gasteiger partial charge in [0, 0.05) is 5.69 Å². The molecule has 7 nitrogen and oxygen atoms in total. The van der Waals surface area contributed by atoms with Crippen LogP contribution >= 0.6 is 0 Å². The van der Waals surface area contributed by atoms with Crippen molar-refractivity contribution in [2.24, 2.45) is 11.5 Å². The Hall–Kier alpha value is -2.87. The van der Waals surface area contributed by atoms with Crippen LogP contribution in [0.3, 0.4) is 0 Å². The lowest BCUT2D eigenvalue weighted by atomic mass is 10.1. The van der Waals surface area contributed by atoms with Crippen molar-refractivity contribution in [2.75, 3.05) is 4.72 Å². The van der Waals surface area contributed by atoms with Gasteiger partial charge in [0.25, 0.3) is 10.0 Å². The van der Waals surface area contributed by atoms with Crippen molar-refractivity contribution in [3.63, 3.8) is 0 Å². The highest BCUT2D eigenvalue weighted by Crippen LogP contribution is 2.20. The summed E-state index contributed by atoms with van der Waals surface area (Å²) in [6.45, 7) is 1.84. The van der Waals surface area contributed by atoms with E-state index in [2.05, 4.69) is 4.72 Å². The van der Waals surface area contributed by atoms with Gasteiger partial charge in [0.05, 0.1) is 16.0 Å². The van der Waals surface area contributed by atoms with Gasteiger partial charge in [-0.25, -0.2) is 8.42 Å². The molecule has 0 fully saturated rings. The number of aryl methyl sites for hydroxylation is 1. The Kier molecular flexibility index (Phi) is 4.37. The topological polar surface area (TPSA) is 132 Å². The Morgan fingerprint density at radius 1 is 0.913 bits per heavy atom. The Morgan fingerprint density at radius 2 is 1.48 bits per heavy atom. The van der Waals surface area contributed by atoms with Gasteiger partial charge < -0.3 is 11.5 Å². The van der Waals surface area contributed by atoms with Crippen LogP contribution in [0.15, 0.2) is 47.4 Å². The molecule has 0 aliphatic heterocycles. The van der Waals surface area contributed by atoms with Crippen LogP contribution in [0.1, 0.15) is 26.3 Å². The summed E-state index contributed by atoms with van der Waals surface area (Å²) in [5.41, 5.74) is 11.1. The number of amides is 2. The van der Waals surface area contributed by atoms with Crippen molar-refractivity contribution in [1.82, 2.24) is 0 Å². The monoisotopic (exact) mass is 333 g/mol. The van der Waals surface area contributed by atoms with Crippen molar-refractivity contribution in [1.29, 1.82) is 0 Å². The Bertz CT molecular complexity index is 874. The first-order valence-corrected chi connectivity index (χ1v) is 8.02. The van der Waals surface area contributed by atoms with Crippen LogP contribution in [0, 0.1) is 6.92 Å². The minimum atomic E-state index is -3.82. The largest absolute Gasteiger partial charge is 0.366 e. The minimum Gasteiger partial charge on any atom is -0.366 e. The van der Waals surface area contributed by atoms with Crippen LogP contribution < -0.4 is 16.2 Å². The molecule has 0 aromatic heterocycles. The van der Waals surface area contributed by atoms with E-state index in [4.69, 9.17) is 11.5 Å². The fourth-order valence-corrected chi connectivity index (χ4v) is 3.01. The van der Waals surface area contributed by atoms with E-state index in [1.165, 1.54) is 30.3 Å². The number of anilines is 1. The second-order valence-corrected chi connectivity index (χ2v) is 6.59. The lowest BCUT2D eigenvalue weighted by Gasteiger charge is -2.10. The third-order valence-electron chi connectivity index (χ3n) is 3.13. The summed E-state index contributed by atoms with van der Waals surface area (Å²) in [5, 5.41) is 0. The number of rotatable bonds is 5.